The molecule has 0 bridgehead atoms. The van der Waals surface area contributed by atoms with Crippen molar-refractivity contribution >= 4 is 5.91 Å². The first kappa shape index (κ1) is 5.56. The molecule has 0 spiro atoms. The van der Waals surface area contributed by atoms with Crippen LogP contribution >= 0.6 is 0 Å². The van der Waals surface area contributed by atoms with Crippen molar-refractivity contribution in [2.75, 3.05) is 6.54 Å². The maximum absolute atomic E-state index is 10.5. The molecule has 0 atom stereocenters. The van der Waals surface area contributed by atoms with Crippen molar-refractivity contribution in [3.05, 3.63) is 0 Å². The largest absolute Gasteiger partial charge is 0.273 e. The highest BCUT2D eigenvalue weighted by molar-refractivity contribution is 5.75. The van der Waals surface area contributed by atoms with E-state index >= 15 is 0 Å². The van der Waals surface area contributed by atoms with Crippen LogP contribution in [0, 0.1) is 0 Å². The topological polar surface area (TPSA) is 42.6 Å². The highest BCUT2D eigenvalue weighted by atomic mass is 16.2. The predicted molar refractivity (Wildman–Crippen MR) is 27.7 cm³/mol. The molecule has 1 aliphatic rings. The number of nitrogens with zero attached hydrogens (tertiary/aromatic N) is 2. The van der Waals surface area contributed by atoms with E-state index in [2.05, 4.69) is 0 Å². The van der Waals surface area contributed by atoms with Gasteiger partial charge in [0.2, 0.25) is 5.91 Å². The van der Waals surface area contributed by atoms with Crippen LogP contribution < -0.4 is 5.84 Å². The van der Waals surface area contributed by atoms with Crippen LogP contribution in [0.25, 0.3) is 0 Å². The predicted octanol–water partition coefficient (Wildman–Crippen LogP) is -0.0174. The lowest BCUT2D eigenvalue weighted by molar-refractivity contribution is -0.134. The molecule has 1 amide bonds. The van der Waals surface area contributed by atoms with Gasteiger partial charge in [-0.2, -0.15) is 0 Å². The molecule has 8 heavy (non-hydrogen) atoms. The first-order valence-electron chi connectivity index (χ1n) is 2.80. The summed E-state index contributed by atoms with van der Waals surface area (Å²) in [6.07, 6.45) is 2.37. The summed E-state index contributed by atoms with van der Waals surface area (Å²) >= 11 is 0. The Kier molecular flexibility index (Phi) is 1.48. The molecule has 0 N–H and O–H groups in total. The minimum atomic E-state index is -0.142. The summed E-state index contributed by atoms with van der Waals surface area (Å²) in [5, 5.41) is 0.795. The van der Waals surface area contributed by atoms with Gasteiger partial charge in [0.1, 0.15) is 0 Å². The number of amides is 1. The smallest absolute Gasteiger partial charge is 0.239 e. The second-order valence-corrected chi connectivity index (χ2v) is 1.97. The van der Waals surface area contributed by atoms with Crippen LogP contribution in [-0.2, 0) is 4.79 Å². The fourth-order valence-corrected chi connectivity index (χ4v) is 0.792. The van der Waals surface area contributed by atoms with E-state index in [9.17, 15) is 4.79 Å². The van der Waals surface area contributed by atoms with Crippen molar-refractivity contribution in [2.45, 2.75) is 19.3 Å². The van der Waals surface area contributed by atoms with Gasteiger partial charge in [0.25, 0.3) is 0 Å². The molecule has 0 saturated carbocycles. The van der Waals surface area contributed by atoms with Crippen LogP contribution in [-0.4, -0.2) is 17.5 Å². The van der Waals surface area contributed by atoms with E-state index in [-0.39, 0.29) is 5.91 Å². The van der Waals surface area contributed by atoms with Gasteiger partial charge >= 0.3 is 0 Å². The average Bonchev–Trinajstić information content (AvgIpc) is 1.77. The molecule has 0 aromatic heterocycles. The van der Waals surface area contributed by atoms with Crippen molar-refractivity contribution < 1.29 is 4.79 Å². The summed E-state index contributed by atoms with van der Waals surface area (Å²) in [4.78, 5) is 10.5. The molecular formula is C5H8N2O. The summed E-state index contributed by atoms with van der Waals surface area (Å²) in [5.41, 5.74) is 0. The van der Waals surface area contributed by atoms with Gasteiger partial charge in [-0.3, -0.25) is 4.79 Å². The third kappa shape index (κ3) is 0.980. The van der Waals surface area contributed by atoms with Crippen LogP contribution in [0.4, 0.5) is 0 Å². The fraction of sp³-hybridized carbons (Fsp3) is 0.800. The minimum absolute atomic E-state index is 0.142. The zero-order valence-electron chi connectivity index (χ0n) is 4.63. The van der Waals surface area contributed by atoms with E-state index in [0.29, 0.717) is 13.0 Å². The molecule has 0 unspecified atom stereocenters. The van der Waals surface area contributed by atoms with E-state index < -0.39 is 0 Å². The SMILES string of the molecule is [N]N1CCCCC1=O. The van der Waals surface area contributed by atoms with Gasteiger partial charge in [0, 0.05) is 13.0 Å². The quantitative estimate of drug-likeness (QED) is 0.434. The van der Waals surface area contributed by atoms with Gasteiger partial charge in [0.05, 0.1) is 0 Å². The third-order valence-electron chi connectivity index (χ3n) is 1.30. The van der Waals surface area contributed by atoms with Crippen molar-refractivity contribution in [3.8, 4) is 0 Å². The molecule has 2 radical (unpaired) electrons. The molecule has 1 aliphatic heterocycles. The Labute approximate surface area is 48.4 Å². The van der Waals surface area contributed by atoms with Gasteiger partial charge in [-0.15, -0.1) is 0 Å². The first-order chi connectivity index (χ1) is 3.80. The zero-order chi connectivity index (χ0) is 5.98. The molecule has 0 aromatic rings. The third-order valence-corrected chi connectivity index (χ3v) is 1.30. The van der Waals surface area contributed by atoms with Gasteiger partial charge < -0.3 is 0 Å². The van der Waals surface area contributed by atoms with Crippen LogP contribution in [0.2, 0.25) is 0 Å². The Bertz CT molecular complexity index is 103. The molecule has 44 valence electrons. The van der Waals surface area contributed by atoms with Crippen molar-refractivity contribution in [3.63, 3.8) is 0 Å². The number of carbonyl (C=O) groups is 1. The van der Waals surface area contributed by atoms with Gasteiger partial charge in [-0.05, 0) is 18.7 Å². The lowest BCUT2D eigenvalue weighted by Crippen LogP contribution is -2.33. The zero-order valence-corrected chi connectivity index (χ0v) is 4.63. The summed E-state index contributed by atoms with van der Waals surface area (Å²) in [6.45, 7) is 0.513. The van der Waals surface area contributed by atoms with Crippen LogP contribution in [0.3, 0.4) is 0 Å². The highest BCUT2D eigenvalue weighted by Gasteiger charge is 2.14. The van der Waals surface area contributed by atoms with Gasteiger partial charge in [0.15, 0.2) is 0 Å². The lowest BCUT2D eigenvalue weighted by Gasteiger charge is -2.17. The molecule has 1 heterocycles. The number of hydrogen-bond donors (Lipinski definition) is 0. The summed E-state index contributed by atoms with van der Waals surface area (Å²) < 4.78 is 0. The molecule has 0 aliphatic carbocycles. The summed E-state index contributed by atoms with van der Waals surface area (Å²) in [6, 6.07) is 0. The molecule has 3 nitrogen and oxygen atoms in total. The van der Waals surface area contributed by atoms with E-state index in [1.165, 1.54) is 0 Å². The molecule has 0 aromatic carbocycles. The van der Waals surface area contributed by atoms with Gasteiger partial charge in [-0.25, -0.2) is 5.01 Å². The van der Waals surface area contributed by atoms with Gasteiger partial charge in [-0.1, -0.05) is 0 Å². The Morgan fingerprint density at radius 3 is 2.62 bits per heavy atom. The highest BCUT2D eigenvalue weighted by Crippen LogP contribution is 2.06. The average molecular weight is 112 g/mol. The van der Waals surface area contributed by atoms with E-state index in [4.69, 9.17) is 5.84 Å². The molecule has 1 fully saturated rings. The molecular weight excluding hydrogens is 104 g/mol. The Balaban J connectivity index is 2.39. The number of hydrogen-bond acceptors (Lipinski definition) is 1. The lowest BCUT2D eigenvalue weighted by atomic mass is 10.1. The molecule has 1 saturated heterocycles. The normalized spacial score (nSPS) is 21.6. The minimum Gasteiger partial charge on any atom is -0.273 e. The fourth-order valence-electron chi connectivity index (χ4n) is 0.792. The molecule has 1 rings (SSSR count). The Hall–Kier alpha value is -0.570. The van der Waals surface area contributed by atoms with Crippen molar-refractivity contribution in [1.29, 1.82) is 0 Å². The standard InChI is InChI=1S/C5H8N2O/c6-7-4-2-1-3-5(7)8/h1-4H2. The van der Waals surface area contributed by atoms with E-state index in [0.717, 1.165) is 17.9 Å². The van der Waals surface area contributed by atoms with E-state index in [1.54, 1.807) is 0 Å². The summed E-state index contributed by atoms with van der Waals surface area (Å²) in [5.74, 6) is 8.52. The van der Waals surface area contributed by atoms with E-state index in [1.807, 2.05) is 0 Å². The first-order valence-corrected chi connectivity index (χ1v) is 2.80. The van der Waals surface area contributed by atoms with Crippen LogP contribution in [0.5, 0.6) is 0 Å². The number of rotatable bonds is 0. The second kappa shape index (κ2) is 2.13. The number of carbonyl (C=O) groups excluding carboxylic acids is 1. The number of piperidine rings is 1. The van der Waals surface area contributed by atoms with Crippen molar-refractivity contribution in [2.24, 2.45) is 0 Å². The second-order valence-electron chi connectivity index (χ2n) is 1.97. The monoisotopic (exact) mass is 112 g/mol. The van der Waals surface area contributed by atoms with Crippen LogP contribution in [0.1, 0.15) is 19.3 Å². The summed E-state index contributed by atoms with van der Waals surface area (Å²) in [7, 11) is 0. The van der Waals surface area contributed by atoms with Crippen LogP contribution in [0.15, 0.2) is 0 Å². The maximum atomic E-state index is 10.5. The van der Waals surface area contributed by atoms with Crippen molar-refractivity contribution in [1.82, 2.24) is 10.9 Å². The maximum Gasteiger partial charge on any atom is 0.239 e. The Morgan fingerprint density at radius 1 is 1.50 bits per heavy atom. The molecule has 3 heteroatoms. The Morgan fingerprint density at radius 2 is 2.25 bits per heavy atom.